The van der Waals surface area contributed by atoms with E-state index in [1.54, 1.807) is 36.4 Å². The number of benzene rings is 3. The van der Waals surface area contributed by atoms with Gasteiger partial charge in [-0.3, -0.25) is 24.1 Å². The normalized spacial score (nSPS) is 13.9. The van der Waals surface area contributed by atoms with Crippen molar-refractivity contribution in [2.24, 2.45) is 0 Å². The number of nitrogens with zero attached hydrogens (tertiary/aromatic N) is 1. The van der Waals surface area contributed by atoms with Crippen LogP contribution >= 0.6 is 39.3 Å². The average Bonchev–Trinajstić information content (AvgIpc) is 3.19. The van der Waals surface area contributed by atoms with E-state index in [-0.39, 0.29) is 11.5 Å². The third-order valence-corrected chi connectivity index (χ3v) is 8.30. The number of imide groups is 1. The molecule has 0 bridgehead atoms. The van der Waals surface area contributed by atoms with Crippen LogP contribution in [0.2, 0.25) is 5.02 Å². The number of hydrogen-bond donors (Lipinski definition) is 2. The van der Waals surface area contributed by atoms with E-state index in [4.69, 9.17) is 21.1 Å². The van der Waals surface area contributed by atoms with Gasteiger partial charge >= 0.3 is 0 Å². The molecule has 4 amide bonds. The largest absolute Gasteiger partial charge is 0.493 e. The minimum Gasteiger partial charge on any atom is -0.493 e. The highest BCUT2D eigenvalue weighted by atomic mass is 79.9. The summed E-state index contributed by atoms with van der Waals surface area (Å²) in [7, 11) is 1.44. The van der Waals surface area contributed by atoms with Crippen LogP contribution in [0.15, 0.2) is 57.9 Å². The van der Waals surface area contributed by atoms with Gasteiger partial charge in [0.25, 0.3) is 17.1 Å². The van der Waals surface area contributed by atoms with Crippen molar-refractivity contribution in [3.63, 3.8) is 0 Å². The first-order valence-corrected chi connectivity index (χ1v) is 14.6. The topological polar surface area (TPSA) is 114 Å². The fraction of sp³-hybridized carbons (Fsp3) is 0.200. The lowest BCUT2D eigenvalue weighted by Gasteiger charge is -2.16. The number of carbonyl (C=O) groups excluding carboxylic acids is 4. The SMILES string of the molecule is COc1cc(/C=C2/SC(=O)N(CC(=O)Nc3c(C)cc(C)cc3C)C2=O)ccc1OCC(=O)Nc1ccc(Br)c(Cl)c1. The summed E-state index contributed by atoms with van der Waals surface area (Å²) >= 11 is 10.1. The molecule has 218 valence electrons. The van der Waals surface area contributed by atoms with Gasteiger partial charge in [0.1, 0.15) is 6.54 Å². The number of hydrogen-bond acceptors (Lipinski definition) is 7. The van der Waals surface area contributed by atoms with E-state index in [0.717, 1.165) is 33.4 Å². The number of halogens is 2. The van der Waals surface area contributed by atoms with Crippen LogP contribution in [0.3, 0.4) is 0 Å². The molecule has 2 N–H and O–H groups in total. The van der Waals surface area contributed by atoms with Crippen LogP contribution in [0.4, 0.5) is 16.2 Å². The van der Waals surface area contributed by atoms with Gasteiger partial charge in [-0.15, -0.1) is 0 Å². The van der Waals surface area contributed by atoms with Crippen molar-refractivity contribution in [3.05, 3.63) is 85.2 Å². The molecule has 3 aromatic carbocycles. The molecule has 0 aromatic heterocycles. The zero-order chi connectivity index (χ0) is 30.6. The fourth-order valence-electron chi connectivity index (χ4n) is 4.29. The van der Waals surface area contributed by atoms with Crippen LogP contribution in [0.1, 0.15) is 22.3 Å². The predicted octanol–water partition coefficient (Wildman–Crippen LogP) is 6.73. The molecule has 1 saturated heterocycles. The molecule has 0 radical (unpaired) electrons. The van der Waals surface area contributed by atoms with Crippen molar-refractivity contribution in [1.82, 2.24) is 4.90 Å². The van der Waals surface area contributed by atoms with Gasteiger partial charge in [-0.05, 0) is 102 Å². The highest BCUT2D eigenvalue weighted by molar-refractivity contribution is 9.10. The maximum atomic E-state index is 13.0. The van der Waals surface area contributed by atoms with Crippen molar-refractivity contribution in [2.45, 2.75) is 20.8 Å². The summed E-state index contributed by atoms with van der Waals surface area (Å²) < 4.78 is 11.7. The highest BCUT2D eigenvalue weighted by Gasteiger charge is 2.36. The summed E-state index contributed by atoms with van der Waals surface area (Å²) in [6.45, 7) is 5.05. The number of nitrogens with one attached hydrogen (secondary N) is 2. The van der Waals surface area contributed by atoms with Gasteiger partial charge in [-0.2, -0.15) is 0 Å². The van der Waals surface area contributed by atoms with E-state index in [1.165, 1.54) is 13.2 Å². The Kier molecular flexibility index (Phi) is 9.97. The maximum absolute atomic E-state index is 13.0. The number of ether oxygens (including phenoxy) is 2. The molecule has 42 heavy (non-hydrogen) atoms. The number of carbonyl (C=O) groups is 4. The quantitative estimate of drug-likeness (QED) is 0.242. The molecule has 1 aliphatic rings. The molecule has 3 aromatic rings. The molecule has 1 fully saturated rings. The summed E-state index contributed by atoms with van der Waals surface area (Å²) in [5.74, 6) is -0.800. The molecule has 4 rings (SSSR count). The zero-order valence-corrected chi connectivity index (χ0v) is 26.3. The Labute approximate surface area is 260 Å². The number of thioether (sulfide) groups is 1. The second kappa shape index (κ2) is 13.5. The van der Waals surface area contributed by atoms with Crippen molar-refractivity contribution in [2.75, 3.05) is 30.9 Å². The Morgan fingerprint density at radius 1 is 0.976 bits per heavy atom. The second-order valence-corrected chi connectivity index (χ2v) is 11.7. The third-order valence-electron chi connectivity index (χ3n) is 6.16. The summed E-state index contributed by atoms with van der Waals surface area (Å²) in [5.41, 5.74) is 4.61. The van der Waals surface area contributed by atoms with E-state index < -0.39 is 29.5 Å². The van der Waals surface area contributed by atoms with Crippen molar-refractivity contribution < 1.29 is 28.7 Å². The van der Waals surface area contributed by atoms with Gasteiger partial charge in [-0.1, -0.05) is 35.4 Å². The third kappa shape index (κ3) is 7.53. The Hall–Kier alpha value is -3.80. The van der Waals surface area contributed by atoms with Crippen LogP contribution in [0.25, 0.3) is 6.08 Å². The number of anilines is 2. The lowest BCUT2D eigenvalue weighted by atomic mass is 10.1. The highest BCUT2D eigenvalue weighted by Crippen LogP contribution is 2.35. The van der Waals surface area contributed by atoms with E-state index >= 15 is 0 Å². The Morgan fingerprint density at radius 2 is 1.69 bits per heavy atom. The monoisotopic (exact) mass is 671 g/mol. The molecule has 12 heteroatoms. The minimum atomic E-state index is -0.568. The van der Waals surface area contributed by atoms with Gasteiger partial charge in [0.15, 0.2) is 18.1 Å². The Bertz CT molecular complexity index is 1600. The molecule has 0 spiro atoms. The molecule has 9 nitrogen and oxygen atoms in total. The zero-order valence-electron chi connectivity index (χ0n) is 23.2. The van der Waals surface area contributed by atoms with Gasteiger partial charge in [-0.25, -0.2) is 0 Å². The second-order valence-electron chi connectivity index (χ2n) is 9.47. The Morgan fingerprint density at radius 3 is 2.36 bits per heavy atom. The molecule has 1 heterocycles. The molecular weight excluding hydrogens is 646 g/mol. The van der Waals surface area contributed by atoms with Crippen LogP contribution in [0, 0.1) is 20.8 Å². The molecule has 0 saturated carbocycles. The van der Waals surface area contributed by atoms with Crippen LogP contribution in [-0.2, 0) is 14.4 Å². The Balaban J connectivity index is 1.39. The summed E-state index contributed by atoms with van der Waals surface area (Å²) in [6.07, 6.45) is 1.54. The van der Waals surface area contributed by atoms with Crippen molar-refractivity contribution in [1.29, 1.82) is 0 Å². The van der Waals surface area contributed by atoms with Gasteiger partial charge in [0.05, 0.1) is 17.0 Å². The number of amides is 4. The first kappa shape index (κ1) is 31.1. The summed E-state index contributed by atoms with van der Waals surface area (Å²) in [6, 6.07) is 13.8. The molecule has 0 aliphatic carbocycles. The van der Waals surface area contributed by atoms with Crippen LogP contribution in [-0.4, -0.2) is 48.1 Å². The maximum Gasteiger partial charge on any atom is 0.294 e. The van der Waals surface area contributed by atoms with Crippen molar-refractivity contribution >= 4 is 79.7 Å². The molecule has 1 aliphatic heterocycles. The van der Waals surface area contributed by atoms with E-state index in [1.807, 2.05) is 32.9 Å². The van der Waals surface area contributed by atoms with Crippen LogP contribution < -0.4 is 20.1 Å². The minimum absolute atomic E-state index is 0.166. The summed E-state index contributed by atoms with van der Waals surface area (Å²) in [4.78, 5) is 51.8. The number of methoxy groups -OCH3 is 1. The lowest BCUT2D eigenvalue weighted by molar-refractivity contribution is -0.127. The molecule has 0 atom stereocenters. The fourth-order valence-corrected chi connectivity index (χ4v) is 5.56. The van der Waals surface area contributed by atoms with Crippen LogP contribution in [0.5, 0.6) is 11.5 Å². The predicted molar refractivity (Wildman–Crippen MR) is 168 cm³/mol. The van der Waals surface area contributed by atoms with E-state index in [2.05, 4.69) is 26.6 Å². The molecule has 0 unspecified atom stereocenters. The van der Waals surface area contributed by atoms with Crippen molar-refractivity contribution in [3.8, 4) is 11.5 Å². The first-order chi connectivity index (χ1) is 19.9. The van der Waals surface area contributed by atoms with E-state index in [0.29, 0.717) is 37.9 Å². The number of aryl methyl sites for hydroxylation is 3. The van der Waals surface area contributed by atoms with Gasteiger partial charge in [0.2, 0.25) is 5.91 Å². The standard InChI is InChI=1S/C30H27BrClN3O6S/c1-16-9-17(2)28(18(3)10-16)34-26(36)14-35-29(38)25(42-30(35)39)12-19-5-8-23(24(11-19)40-4)41-15-27(37)33-20-6-7-21(31)22(32)13-20/h5-13H,14-15H2,1-4H3,(H,33,37)(H,34,36)/b25-12+. The lowest BCUT2D eigenvalue weighted by Crippen LogP contribution is -2.36. The van der Waals surface area contributed by atoms with Gasteiger partial charge in [0, 0.05) is 15.8 Å². The van der Waals surface area contributed by atoms with Gasteiger partial charge < -0.3 is 20.1 Å². The first-order valence-electron chi connectivity index (χ1n) is 12.6. The average molecular weight is 673 g/mol. The van der Waals surface area contributed by atoms with E-state index in [9.17, 15) is 19.2 Å². The summed E-state index contributed by atoms with van der Waals surface area (Å²) in [5, 5.41) is 5.44. The molecular formula is C30H27BrClN3O6S. The number of rotatable bonds is 9. The smallest absolute Gasteiger partial charge is 0.294 e.